The summed E-state index contributed by atoms with van der Waals surface area (Å²) in [4.78, 5) is 2.50. The van der Waals surface area contributed by atoms with E-state index in [9.17, 15) is 0 Å². The van der Waals surface area contributed by atoms with E-state index >= 15 is 0 Å². The van der Waals surface area contributed by atoms with E-state index in [2.05, 4.69) is 29.1 Å². The second-order valence-electron chi connectivity index (χ2n) is 5.59. The Kier molecular flexibility index (Phi) is 3.69. The molecular weight excluding hydrogens is 262 g/mol. The number of hydrogen-bond acceptors (Lipinski definition) is 3. The molecule has 3 N–H and O–H groups in total. The molecule has 0 amide bonds. The van der Waals surface area contributed by atoms with Gasteiger partial charge in [-0.15, -0.1) is 0 Å². The lowest BCUT2D eigenvalue weighted by atomic mass is 10.0. The number of nitrogens with zero attached hydrogens (tertiary/aromatic N) is 2. The van der Waals surface area contributed by atoms with Gasteiger partial charge in [0.25, 0.3) is 0 Å². The number of oxime groups is 1. The lowest BCUT2D eigenvalue weighted by molar-refractivity contribution is 0.318. The van der Waals surface area contributed by atoms with Gasteiger partial charge in [0.1, 0.15) is 0 Å². The molecule has 110 valence electrons. The summed E-state index contributed by atoms with van der Waals surface area (Å²) in [5.41, 5.74) is 7.84. The molecule has 3 rings (SSSR count). The Morgan fingerprint density at radius 1 is 1.24 bits per heavy atom. The summed E-state index contributed by atoms with van der Waals surface area (Å²) >= 11 is 0. The average Bonchev–Trinajstić information content (AvgIpc) is 3.36. The SMILES string of the molecule is CCCN(c1ccc(/C(N)=N/O)c2ccccc12)C1CC1. The third-order valence-corrected chi connectivity index (χ3v) is 4.05. The number of anilines is 1. The van der Waals surface area contributed by atoms with Crippen molar-refractivity contribution in [3.8, 4) is 0 Å². The van der Waals surface area contributed by atoms with Crippen molar-refractivity contribution >= 4 is 22.3 Å². The first-order valence-corrected chi connectivity index (χ1v) is 7.52. The molecule has 0 heterocycles. The van der Waals surface area contributed by atoms with Gasteiger partial charge in [0.2, 0.25) is 0 Å². The molecule has 2 aromatic rings. The van der Waals surface area contributed by atoms with Gasteiger partial charge in [-0.3, -0.25) is 0 Å². The third-order valence-electron chi connectivity index (χ3n) is 4.05. The van der Waals surface area contributed by atoms with Crippen LogP contribution in [0.15, 0.2) is 41.6 Å². The molecule has 4 nitrogen and oxygen atoms in total. The number of fused-ring (bicyclic) bond motifs is 1. The molecule has 1 fully saturated rings. The smallest absolute Gasteiger partial charge is 0.170 e. The van der Waals surface area contributed by atoms with Crippen molar-refractivity contribution in [1.82, 2.24) is 0 Å². The molecule has 0 spiro atoms. The van der Waals surface area contributed by atoms with Crippen LogP contribution in [0, 0.1) is 0 Å². The standard InChI is InChI=1S/C17H21N3O/c1-2-11-20(12-7-8-12)16-10-9-15(17(18)19-21)13-5-3-4-6-14(13)16/h3-6,9-10,12,21H,2,7-8,11H2,1H3,(H2,18,19). The van der Waals surface area contributed by atoms with Crippen LogP contribution < -0.4 is 10.6 Å². The third kappa shape index (κ3) is 2.53. The van der Waals surface area contributed by atoms with Crippen molar-refractivity contribution < 1.29 is 5.21 Å². The van der Waals surface area contributed by atoms with Crippen molar-refractivity contribution in [2.24, 2.45) is 10.9 Å². The molecule has 0 bridgehead atoms. The zero-order chi connectivity index (χ0) is 14.8. The van der Waals surface area contributed by atoms with Gasteiger partial charge in [0, 0.05) is 29.2 Å². The molecule has 4 heteroatoms. The number of benzene rings is 2. The first kappa shape index (κ1) is 13.7. The Morgan fingerprint density at radius 3 is 2.57 bits per heavy atom. The summed E-state index contributed by atoms with van der Waals surface area (Å²) in [7, 11) is 0. The zero-order valence-electron chi connectivity index (χ0n) is 12.3. The molecule has 2 aromatic carbocycles. The Morgan fingerprint density at radius 2 is 1.95 bits per heavy atom. The van der Waals surface area contributed by atoms with Crippen molar-refractivity contribution in [3.63, 3.8) is 0 Å². The highest BCUT2D eigenvalue weighted by Crippen LogP contribution is 2.36. The van der Waals surface area contributed by atoms with Crippen LogP contribution in [0.2, 0.25) is 0 Å². The predicted molar refractivity (Wildman–Crippen MR) is 87.1 cm³/mol. The summed E-state index contributed by atoms with van der Waals surface area (Å²) < 4.78 is 0. The van der Waals surface area contributed by atoms with Crippen molar-refractivity contribution in [3.05, 3.63) is 42.0 Å². The molecule has 0 atom stereocenters. The summed E-state index contributed by atoms with van der Waals surface area (Å²) in [5.74, 6) is 0.159. The summed E-state index contributed by atoms with van der Waals surface area (Å²) in [5, 5.41) is 14.3. The van der Waals surface area contributed by atoms with Gasteiger partial charge in [0.15, 0.2) is 5.84 Å². The molecule has 1 saturated carbocycles. The van der Waals surface area contributed by atoms with Gasteiger partial charge in [-0.25, -0.2) is 0 Å². The van der Waals surface area contributed by atoms with E-state index in [-0.39, 0.29) is 5.84 Å². The Labute approximate surface area is 124 Å². The van der Waals surface area contributed by atoms with E-state index in [0.29, 0.717) is 6.04 Å². The second-order valence-corrected chi connectivity index (χ2v) is 5.59. The average molecular weight is 283 g/mol. The lowest BCUT2D eigenvalue weighted by Crippen LogP contribution is -2.26. The van der Waals surface area contributed by atoms with Gasteiger partial charge < -0.3 is 15.8 Å². The number of rotatable bonds is 5. The fourth-order valence-electron chi connectivity index (χ4n) is 2.94. The highest BCUT2D eigenvalue weighted by atomic mass is 16.4. The zero-order valence-corrected chi connectivity index (χ0v) is 12.3. The fourth-order valence-corrected chi connectivity index (χ4v) is 2.94. The monoisotopic (exact) mass is 283 g/mol. The summed E-state index contributed by atoms with van der Waals surface area (Å²) in [6, 6.07) is 12.9. The lowest BCUT2D eigenvalue weighted by Gasteiger charge is -2.26. The minimum atomic E-state index is 0.159. The van der Waals surface area contributed by atoms with Crippen molar-refractivity contribution in [2.75, 3.05) is 11.4 Å². The number of hydrogen-bond donors (Lipinski definition) is 2. The van der Waals surface area contributed by atoms with E-state index in [4.69, 9.17) is 10.9 Å². The molecule has 0 aromatic heterocycles. The van der Waals surface area contributed by atoms with Crippen LogP contribution in [0.25, 0.3) is 10.8 Å². The topological polar surface area (TPSA) is 61.8 Å². The quantitative estimate of drug-likeness (QED) is 0.383. The summed E-state index contributed by atoms with van der Waals surface area (Å²) in [6.07, 6.45) is 3.68. The van der Waals surface area contributed by atoms with Crippen LogP contribution in [-0.2, 0) is 0 Å². The van der Waals surface area contributed by atoms with E-state index in [1.54, 1.807) is 0 Å². The van der Waals surface area contributed by atoms with Gasteiger partial charge in [-0.1, -0.05) is 36.3 Å². The first-order chi connectivity index (χ1) is 10.3. The highest BCUT2D eigenvalue weighted by Gasteiger charge is 2.29. The van der Waals surface area contributed by atoms with Gasteiger partial charge >= 0.3 is 0 Å². The largest absolute Gasteiger partial charge is 0.409 e. The number of nitrogens with two attached hydrogens (primary N) is 1. The Hall–Kier alpha value is -2.23. The Bertz CT molecular complexity index is 677. The fraction of sp³-hybridized carbons (Fsp3) is 0.353. The van der Waals surface area contributed by atoms with Crippen LogP contribution in [0.1, 0.15) is 31.7 Å². The van der Waals surface area contributed by atoms with E-state index < -0.39 is 0 Å². The maximum atomic E-state index is 8.96. The van der Waals surface area contributed by atoms with Crippen LogP contribution in [0.4, 0.5) is 5.69 Å². The normalized spacial score (nSPS) is 15.4. The maximum Gasteiger partial charge on any atom is 0.170 e. The molecular formula is C17H21N3O. The Balaban J connectivity index is 2.16. The molecule has 0 aliphatic heterocycles. The molecule has 1 aliphatic rings. The van der Waals surface area contributed by atoms with Gasteiger partial charge in [0.05, 0.1) is 0 Å². The first-order valence-electron chi connectivity index (χ1n) is 7.52. The molecule has 21 heavy (non-hydrogen) atoms. The highest BCUT2D eigenvalue weighted by molar-refractivity contribution is 6.11. The minimum absolute atomic E-state index is 0.159. The van der Waals surface area contributed by atoms with Gasteiger partial charge in [-0.2, -0.15) is 0 Å². The van der Waals surface area contributed by atoms with E-state index in [0.717, 1.165) is 23.9 Å². The maximum absolute atomic E-state index is 8.96. The summed E-state index contributed by atoms with van der Waals surface area (Å²) in [6.45, 7) is 3.28. The van der Waals surface area contributed by atoms with Crippen LogP contribution >= 0.6 is 0 Å². The second kappa shape index (κ2) is 5.64. The van der Waals surface area contributed by atoms with Gasteiger partial charge in [-0.05, 0) is 36.8 Å². The van der Waals surface area contributed by atoms with Crippen LogP contribution in [0.3, 0.4) is 0 Å². The molecule has 0 unspecified atom stereocenters. The number of amidine groups is 1. The van der Waals surface area contributed by atoms with Crippen molar-refractivity contribution in [2.45, 2.75) is 32.2 Å². The van der Waals surface area contributed by atoms with Crippen molar-refractivity contribution in [1.29, 1.82) is 0 Å². The molecule has 0 saturated heterocycles. The minimum Gasteiger partial charge on any atom is -0.409 e. The molecule has 0 radical (unpaired) electrons. The van der Waals surface area contributed by atoms with E-state index in [1.807, 2.05) is 24.3 Å². The molecule has 1 aliphatic carbocycles. The van der Waals surface area contributed by atoms with E-state index in [1.165, 1.54) is 23.9 Å². The van der Waals surface area contributed by atoms with Crippen LogP contribution in [-0.4, -0.2) is 23.6 Å². The van der Waals surface area contributed by atoms with Crippen LogP contribution in [0.5, 0.6) is 0 Å². The predicted octanol–water partition coefficient (Wildman–Crippen LogP) is 3.31.